The maximum atomic E-state index is 7.27. The highest BCUT2D eigenvalue weighted by Crippen LogP contribution is 2.64. The first kappa shape index (κ1) is 38.8. The minimum absolute atomic E-state index is 0.138. The van der Waals surface area contributed by atoms with Crippen LogP contribution in [0.3, 0.4) is 0 Å². The molecule has 2 aliphatic carbocycles. The van der Waals surface area contributed by atoms with Gasteiger partial charge in [-0.25, -0.2) is 0 Å². The van der Waals surface area contributed by atoms with Crippen LogP contribution in [-0.4, -0.2) is 0 Å². The van der Waals surface area contributed by atoms with E-state index in [9.17, 15) is 0 Å². The van der Waals surface area contributed by atoms with Crippen molar-refractivity contribution in [3.05, 3.63) is 258 Å². The molecule has 15 rings (SSSR count). The smallest absolute Gasteiger partial charge is 0.140 e. The minimum Gasteiger partial charge on any atom is -0.455 e. The van der Waals surface area contributed by atoms with Gasteiger partial charge in [0.05, 0.1) is 11.1 Å². The van der Waals surface area contributed by atoms with Crippen LogP contribution in [0.15, 0.2) is 224 Å². The molecule has 11 aromatic carbocycles. The second kappa shape index (κ2) is 14.1. The number of rotatable bonds is 4. The lowest BCUT2D eigenvalue weighted by molar-refractivity contribution is 0.447. The largest absolute Gasteiger partial charge is 0.455 e. The van der Waals surface area contributed by atoms with Crippen LogP contribution in [-0.2, 0) is 10.8 Å². The number of hydrogen-bond acceptors (Lipinski definition) is 3. The van der Waals surface area contributed by atoms with Crippen LogP contribution in [0, 0.1) is 0 Å². The zero-order valence-corrected chi connectivity index (χ0v) is 38.9. The zero-order chi connectivity index (χ0) is 45.6. The van der Waals surface area contributed by atoms with Crippen LogP contribution in [0.4, 0.5) is 17.1 Å². The van der Waals surface area contributed by atoms with Gasteiger partial charge in [-0.15, -0.1) is 11.3 Å². The zero-order valence-electron chi connectivity index (χ0n) is 38.1. The second-order valence-electron chi connectivity index (χ2n) is 19.5. The summed E-state index contributed by atoms with van der Waals surface area (Å²) < 4.78 is 9.87. The molecule has 12 aromatic rings. The third kappa shape index (κ3) is 5.26. The van der Waals surface area contributed by atoms with Crippen LogP contribution in [0.2, 0.25) is 0 Å². The maximum absolute atomic E-state index is 7.27. The molecule has 0 fully saturated rings. The average Bonchev–Trinajstić information content (AvgIpc) is 4.00. The van der Waals surface area contributed by atoms with E-state index in [4.69, 9.17) is 4.74 Å². The van der Waals surface area contributed by atoms with Crippen molar-refractivity contribution in [3.8, 4) is 44.9 Å². The van der Waals surface area contributed by atoms with Gasteiger partial charge in [-0.1, -0.05) is 190 Å². The van der Waals surface area contributed by atoms with E-state index in [1.165, 1.54) is 97.8 Å². The first-order valence-corrected chi connectivity index (χ1v) is 24.8. The second-order valence-corrected chi connectivity index (χ2v) is 20.6. The molecule has 2 heterocycles. The van der Waals surface area contributed by atoms with Crippen molar-refractivity contribution in [2.24, 2.45) is 0 Å². The molecular weight excluding hydrogens is 855 g/mol. The monoisotopic (exact) mass is 897 g/mol. The maximum Gasteiger partial charge on any atom is 0.140 e. The summed E-state index contributed by atoms with van der Waals surface area (Å²) in [5.74, 6) is 1.86. The predicted octanol–water partition coefficient (Wildman–Crippen LogP) is 18.3. The summed E-state index contributed by atoms with van der Waals surface area (Å²) >= 11 is 1.86. The molecule has 0 saturated heterocycles. The molecule has 324 valence electrons. The van der Waals surface area contributed by atoms with E-state index in [-0.39, 0.29) is 5.41 Å². The summed E-state index contributed by atoms with van der Waals surface area (Å²) in [5.41, 5.74) is 17.7. The molecule has 0 radical (unpaired) electrons. The summed E-state index contributed by atoms with van der Waals surface area (Å²) in [5, 5.41) is 7.15. The highest BCUT2D eigenvalue weighted by molar-refractivity contribution is 7.25. The normalized spacial score (nSPS) is 14.3. The Bertz CT molecular complexity index is 4090. The van der Waals surface area contributed by atoms with Gasteiger partial charge in [-0.3, -0.25) is 0 Å². The van der Waals surface area contributed by atoms with Crippen molar-refractivity contribution in [3.63, 3.8) is 0 Å². The third-order valence-electron chi connectivity index (χ3n) is 15.7. The van der Waals surface area contributed by atoms with Crippen LogP contribution in [0.1, 0.15) is 47.2 Å². The van der Waals surface area contributed by atoms with Gasteiger partial charge >= 0.3 is 0 Å². The van der Waals surface area contributed by atoms with Crippen molar-refractivity contribution in [1.82, 2.24) is 0 Å². The Kier molecular flexibility index (Phi) is 7.96. The van der Waals surface area contributed by atoms with Gasteiger partial charge in [0.15, 0.2) is 0 Å². The molecule has 0 saturated carbocycles. The highest BCUT2D eigenvalue weighted by Gasteiger charge is 2.52. The molecule has 2 nitrogen and oxygen atoms in total. The molecule has 0 atom stereocenters. The molecule has 69 heavy (non-hydrogen) atoms. The standard InChI is InChI=1S/C66H43NOS/c1-65(2)53-24-10-8-23-51(53)62-55(65)26-14-27-59(62)67(45-32-36-61-52(39-45)50-22-9-12-28-60(50)69-61)44-18-13-17-42(37-44)43-29-33-49-48-21-7-11-25-54(48)66(58(49)38-43)56-34-30-40-15-3-5-19-46(40)63(56)68-64-47-20-6-4-16-41(47)31-35-57(64)66/h3-39H,1-2H3. The van der Waals surface area contributed by atoms with Crippen molar-refractivity contribution in [1.29, 1.82) is 0 Å². The van der Waals surface area contributed by atoms with E-state index >= 15 is 0 Å². The Balaban J connectivity index is 0.972. The van der Waals surface area contributed by atoms with Crippen LogP contribution < -0.4 is 9.64 Å². The predicted molar refractivity (Wildman–Crippen MR) is 289 cm³/mol. The van der Waals surface area contributed by atoms with Gasteiger partial charge < -0.3 is 9.64 Å². The lowest BCUT2D eigenvalue weighted by Crippen LogP contribution is -2.32. The quantitative estimate of drug-likeness (QED) is 0.175. The van der Waals surface area contributed by atoms with Gasteiger partial charge in [0.25, 0.3) is 0 Å². The first-order valence-electron chi connectivity index (χ1n) is 24.0. The first-order chi connectivity index (χ1) is 34.0. The number of benzene rings is 11. The number of thiophene rings is 1. The lowest BCUT2D eigenvalue weighted by Gasteiger charge is -2.40. The summed E-state index contributed by atoms with van der Waals surface area (Å²) in [7, 11) is 0. The van der Waals surface area contributed by atoms with Crippen LogP contribution in [0.25, 0.3) is 75.1 Å². The molecule has 3 heteroatoms. The molecule has 1 spiro atoms. The fourth-order valence-electron chi connectivity index (χ4n) is 12.6. The van der Waals surface area contributed by atoms with E-state index in [0.717, 1.165) is 39.2 Å². The van der Waals surface area contributed by atoms with E-state index in [1.807, 2.05) is 11.3 Å². The lowest BCUT2D eigenvalue weighted by atomic mass is 9.65. The Morgan fingerprint density at radius 2 is 0.971 bits per heavy atom. The molecule has 3 aliphatic rings. The molecule has 1 aliphatic heterocycles. The molecule has 1 aromatic heterocycles. The van der Waals surface area contributed by atoms with Gasteiger partial charge in [0.2, 0.25) is 0 Å². The van der Waals surface area contributed by atoms with Crippen molar-refractivity contribution in [2.45, 2.75) is 24.7 Å². The number of fused-ring (bicyclic) bond motifs is 19. The minimum atomic E-state index is -0.633. The van der Waals surface area contributed by atoms with Gasteiger partial charge in [0, 0.05) is 64.4 Å². The Hall–Kier alpha value is -8.24. The molecule has 0 N–H and O–H groups in total. The van der Waals surface area contributed by atoms with E-state index < -0.39 is 5.41 Å². The fraction of sp³-hybridized carbons (Fsp3) is 0.0606. The van der Waals surface area contributed by atoms with E-state index in [0.29, 0.717) is 0 Å². The average molecular weight is 898 g/mol. The summed E-state index contributed by atoms with van der Waals surface area (Å²) in [6, 6.07) is 83.8. The van der Waals surface area contributed by atoms with Crippen LogP contribution in [0.5, 0.6) is 11.5 Å². The number of ether oxygens (including phenoxy) is 1. The van der Waals surface area contributed by atoms with Crippen molar-refractivity contribution < 1.29 is 4.74 Å². The summed E-state index contributed by atoms with van der Waals surface area (Å²) in [6.45, 7) is 4.74. The van der Waals surface area contributed by atoms with Gasteiger partial charge in [-0.2, -0.15) is 0 Å². The fourth-order valence-corrected chi connectivity index (χ4v) is 13.7. The van der Waals surface area contributed by atoms with Gasteiger partial charge in [-0.05, 0) is 109 Å². The SMILES string of the molecule is CC1(C)c2ccccc2-c2c(N(c3cccc(-c4ccc5c(c4)C4(c6ccccc6-5)c5ccc6ccccc6c5Oc5c4ccc4ccccc54)c3)c3ccc4sc5ccccc5c4c3)cccc21. The van der Waals surface area contributed by atoms with Crippen molar-refractivity contribution in [2.75, 3.05) is 4.90 Å². The molecule has 0 amide bonds. The summed E-state index contributed by atoms with van der Waals surface area (Å²) in [6.07, 6.45) is 0. The van der Waals surface area contributed by atoms with Gasteiger partial charge in [0.1, 0.15) is 11.5 Å². The molecule has 0 unspecified atom stereocenters. The van der Waals surface area contributed by atoms with Crippen LogP contribution >= 0.6 is 11.3 Å². The Labute approximate surface area is 405 Å². The number of hydrogen-bond donors (Lipinski definition) is 0. The van der Waals surface area contributed by atoms with E-state index in [2.05, 4.69) is 243 Å². The number of nitrogens with zero attached hydrogens (tertiary/aromatic N) is 1. The topological polar surface area (TPSA) is 12.5 Å². The third-order valence-corrected chi connectivity index (χ3v) is 16.9. The van der Waals surface area contributed by atoms with E-state index in [1.54, 1.807) is 0 Å². The Morgan fingerprint density at radius 1 is 0.377 bits per heavy atom. The number of anilines is 3. The molecular formula is C66H43NOS. The summed E-state index contributed by atoms with van der Waals surface area (Å²) in [4.78, 5) is 2.51. The molecule has 0 bridgehead atoms. The highest BCUT2D eigenvalue weighted by atomic mass is 32.1. The van der Waals surface area contributed by atoms with Crippen molar-refractivity contribution >= 4 is 70.1 Å². The Morgan fingerprint density at radius 3 is 1.75 bits per heavy atom.